The van der Waals surface area contributed by atoms with Crippen molar-refractivity contribution < 1.29 is 19.1 Å². The van der Waals surface area contributed by atoms with Crippen LogP contribution in [0.4, 0.5) is 0 Å². The van der Waals surface area contributed by atoms with Gasteiger partial charge in [-0.05, 0) is 50.3 Å². The summed E-state index contributed by atoms with van der Waals surface area (Å²) in [7, 11) is 1.53. The van der Waals surface area contributed by atoms with Crippen LogP contribution in [0.2, 0.25) is 0 Å². The van der Waals surface area contributed by atoms with Crippen molar-refractivity contribution in [3.8, 4) is 11.5 Å². The van der Waals surface area contributed by atoms with E-state index in [1.165, 1.54) is 25.5 Å². The van der Waals surface area contributed by atoms with E-state index in [9.17, 15) is 9.59 Å². The molecule has 5 nitrogen and oxygen atoms in total. The molecule has 0 unspecified atom stereocenters. The number of carbonyl (C=O) groups is 2. The van der Waals surface area contributed by atoms with Crippen LogP contribution in [0.3, 0.4) is 0 Å². The van der Waals surface area contributed by atoms with Crippen LogP contribution >= 0.6 is 0 Å². The van der Waals surface area contributed by atoms with Gasteiger partial charge in [0.25, 0.3) is 5.91 Å². The number of ether oxygens (including phenoxy) is 2. The Bertz CT molecular complexity index is 580. The van der Waals surface area contributed by atoms with Crippen LogP contribution < -0.4 is 14.8 Å². The first-order chi connectivity index (χ1) is 11.2. The molecule has 0 spiro atoms. The Morgan fingerprint density at radius 1 is 1.35 bits per heavy atom. The van der Waals surface area contributed by atoms with Crippen molar-refractivity contribution in [3.05, 3.63) is 35.4 Å². The molecule has 1 aromatic rings. The first kappa shape index (κ1) is 17.1. The number of amides is 1. The number of allylic oxidation sites excluding steroid dienone is 1. The summed E-state index contributed by atoms with van der Waals surface area (Å²) in [6.45, 7) is 0.517. The maximum absolute atomic E-state index is 11.8. The standard InChI is InChI=1S/C18H23NO4/c1-22-16-7-8-17(15(11-16)12-20)23-13-18(21)19-10-9-14-5-3-2-4-6-14/h5,7-8,11-12H,2-4,6,9-10,13H2,1H3,(H,19,21). The molecule has 0 bridgehead atoms. The predicted octanol–water partition coefficient (Wildman–Crippen LogP) is 2.89. The van der Waals surface area contributed by atoms with Crippen molar-refractivity contribution in [3.63, 3.8) is 0 Å². The van der Waals surface area contributed by atoms with E-state index in [0.29, 0.717) is 29.9 Å². The minimum atomic E-state index is -0.186. The maximum Gasteiger partial charge on any atom is 0.257 e. The summed E-state index contributed by atoms with van der Waals surface area (Å²) in [5.74, 6) is 0.768. The molecular formula is C18H23NO4. The van der Waals surface area contributed by atoms with E-state index in [4.69, 9.17) is 9.47 Å². The average Bonchev–Trinajstić information content (AvgIpc) is 2.60. The van der Waals surface area contributed by atoms with E-state index in [1.54, 1.807) is 18.2 Å². The highest BCUT2D eigenvalue weighted by molar-refractivity contribution is 5.81. The fraction of sp³-hybridized carbons (Fsp3) is 0.444. The zero-order valence-electron chi connectivity index (χ0n) is 13.5. The fourth-order valence-electron chi connectivity index (χ4n) is 2.57. The summed E-state index contributed by atoms with van der Waals surface area (Å²) < 4.78 is 10.5. The Morgan fingerprint density at radius 3 is 2.91 bits per heavy atom. The molecule has 0 saturated heterocycles. The Hall–Kier alpha value is -2.30. The maximum atomic E-state index is 11.8. The lowest BCUT2D eigenvalue weighted by molar-refractivity contribution is -0.123. The van der Waals surface area contributed by atoms with Gasteiger partial charge in [0.15, 0.2) is 12.9 Å². The third-order valence-corrected chi connectivity index (χ3v) is 3.86. The van der Waals surface area contributed by atoms with Crippen LogP contribution in [-0.2, 0) is 4.79 Å². The van der Waals surface area contributed by atoms with Crippen molar-refractivity contribution in [2.24, 2.45) is 0 Å². The minimum absolute atomic E-state index is 0.105. The molecule has 0 heterocycles. The van der Waals surface area contributed by atoms with E-state index in [-0.39, 0.29) is 12.5 Å². The van der Waals surface area contributed by atoms with Gasteiger partial charge >= 0.3 is 0 Å². The van der Waals surface area contributed by atoms with Crippen LogP contribution in [0.5, 0.6) is 11.5 Å². The normalized spacial score (nSPS) is 13.9. The molecule has 1 aliphatic carbocycles. The van der Waals surface area contributed by atoms with Crippen LogP contribution in [-0.4, -0.2) is 32.5 Å². The van der Waals surface area contributed by atoms with Gasteiger partial charge in [-0.15, -0.1) is 0 Å². The second-order valence-corrected chi connectivity index (χ2v) is 5.52. The Kier molecular flexibility index (Phi) is 6.66. The van der Waals surface area contributed by atoms with Gasteiger partial charge in [0.1, 0.15) is 11.5 Å². The van der Waals surface area contributed by atoms with Gasteiger partial charge in [0.2, 0.25) is 0 Å². The first-order valence-corrected chi connectivity index (χ1v) is 7.93. The van der Waals surface area contributed by atoms with Gasteiger partial charge in [-0.3, -0.25) is 9.59 Å². The van der Waals surface area contributed by atoms with E-state index < -0.39 is 0 Å². The van der Waals surface area contributed by atoms with Gasteiger partial charge in [-0.1, -0.05) is 11.6 Å². The minimum Gasteiger partial charge on any atom is -0.497 e. The molecule has 0 aromatic heterocycles. The van der Waals surface area contributed by atoms with Gasteiger partial charge in [0, 0.05) is 6.54 Å². The first-order valence-electron chi connectivity index (χ1n) is 7.93. The van der Waals surface area contributed by atoms with Crippen molar-refractivity contribution in [1.29, 1.82) is 0 Å². The number of aldehydes is 1. The molecule has 0 radical (unpaired) electrons. The van der Waals surface area contributed by atoms with Crippen LogP contribution in [0, 0.1) is 0 Å². The summed E-state index contributed by atoms with van der Waals surface area (Å²) in [5.41, 5.74) is 1.79. The molecule has 1 aliphatic rings. The highest BCUT2D eigenvalue weighted by Gasteiger charge is 2.09. The summed E-state index contributed by atoms with van der Waals surface area (Å²) in [6, 6.07) is 4.90. The van der Waals surface area contributed by atoms with E-state index in [1.807, 2.05) is 0 Å². The summed E-state index contributed by atoms with van der Waals surface area (Å²) in [6.07, 6.45) is 8.66. The lowest BCUT2D eigenvalue weighted by Gasteiger charge is -2.13. The molecule has 23 heavy (non-hydrogen) atoms. The van der Waals surface area contributed by atoms with Crippen molar-refractivity contribution in [2.45, 2.75) is 32.1 Å². The average molecular weight is 317 g/mol. The van der Waals surface area contributed by atoms with Crippen LogP contribution in [0.15, 0.2) is 29.8 Å². The highest BCUT2D eigenvalue weighted by atomic mass is 16.5. The van der Waals surface area contributed by atoms with E-state index in [2.05, 4.69) is 11.4 Å². The number of hydrogen-bond donors (Lipinski definition) is 1. The number of hydrogen-bond acceptors (Lipinski definition) is 4. The number of carbonyl (C=O) groups excluding carboxylic acids is 2. The molecule has 5 heteroatoms. The number of benzene rings is 1. The fourth-order valence-corrected chi connectivity index (χ4v) is 2.57. The Balaban J connectivity index is 1.75. The molecule has 1 N–H and O–H groups in total. The topological polar surface area (TPSA) is 64.6 Å². The summed E-state index contributed by atoms with van der Waals surface area (Å²) in [5, 5.41) is 2.84. The van der Waals surface area contributed by atoms with Crippen molar-refractivity contribution >= 4 is 12.2 Å². The second-order valence-electron chi connectivity index (χ2n) is 5.52. The molecule has 0 saturated carbocycles. The smallest absolute Gasteiger partial charge is 0.257 e. The lowest BCUT2D eigenvalue weighted by atomic mass is 9.97. The van der Waals surface area contributed by atoms with E-state index in [0.717, 1.165) is 19.3 Å². The second kappa shape index (κ2) is 8.98. The molecule has 2 rings (SSSR count). The molecule has 1 amide bonds. The molecule has 0 fully saturated rings. The molecule has 1 aromatic carbocycles. The summed E-state index contributed by atoms with van der Waals surface area (Å²) in [4.78, 5) is 22.9. The number of rotatable bonds is 8. The third-order valence-electron chi connectivity index (χ3n) is 3.86. The molecule has 0 atom stereocenters. The largest absolute Gasteiger partial charge is 0.497 e. The monoisotopic (exact) mass is 317 g/mol. The highest BCUT2D eigenvalue weighted by Crippen LogP contribution is 2.22. The van der Waals surface area contributed by atoms with Crippen LogP contribution in [0.1, 0.15) is 42.5 Å². The SMILES string of the molecule is COc1ccc(OCC(=O)NCCC2=CCCCC2)c(C=O)c1. The van der Waals surface area contributed by atoms with Gasteiger partial charge in [-0.2, -0.15) is 0 Å². The molecule has 124 valence electrons. The van der Waals surface area contributed by atoms with Gasteiger partial charge in [0.05, 0.1) is 12.7 Å². The van der Waals surface area contributed by atoms with Gasteiger partial charge < -0.3 is 14.8 Å². The van der Waals surface area contributed by atoms with Gasteiger partial charge in [-0.25, -0.2) is 0 Å². The van der Waals surface area contributed by atoms with Crippen LogP contribution in [0.25, 0.3) is 0 Å². The quantitative estimate of drug-likeness (QED) is 0.591. The van der Waals surface area contributed by atoms with Crippen molar-refractivity contribution in [1.82, 2.24) is 5.32 Å². The Labute approximate surface area is 136 Å². The summed E-state index contributed by atoms with van der Waals surface area (Å²) >= 11 is 0. The molecular weight excluding hydrogens is 294 g/mol. The Morgan fingerprint density at radius 2 is 2.22 bits per heavy atom. The zero-order chi connectivity index (χ0) is 16.5. The lowest BCUT2D eigenvalue weighted by Crippen LogP contribution is -2.30. The van der Waals surface area contributed by atoms with E-state index >= 15 is 0 Å². The van der Waals surface area contributed by atoms with Crippen molar-refractivity contribution in [2.75, 3.05) is 20.3 Å². The number of nitrogens with one attached hydrogen (secondary N) is 1. The third kappa shape index (κ3) is 5.43. The predicted molar refractivity (Wildman–Crippen MR) is 88.1 cm³/mol. The molecule has 0 aliphatic heterocycles. The number of methoxy groups -OCH3 is 1. The zero-order valence-corrected chi connectivity index (χ0v) is 13.5.